The molecule has 1 aliphatic heterocycles. The smallest absolute Gasteiger partial charge is 0.254 e. The normalized spacial score (nSPS) is 22.1. The molecular formula is C13H15NO3. The van der Waals surface area contributed by atoms with Crippen LogP contribution in [0.25, 0.3) is 0 Å². The summed E-state index contributed by atoms with van der Waals surface area (Å²) in [4.78, 5) is 13.7. The van der Waals surface area contributed by atoms with Crippen LogP contribution in [0.3, 0.4) is 0 Å². The number of aromatic hydroxyl groups is 1. The number of carbonyl (C=O) groups is 1. The van der Waals surface area contributed by atoms with Crippen molar-refractivity contribution in [3.63, 3.8) is 0 Å². The van der Waals surface area contributed by atoms with Gasteiger partial charge in [-0.3, -0.25) is 4.79 Å². The first-order chi connectivity index (χ1) is 8.08. The quantitative estimate of drug-likeness (QED) is 0.800. The van der Waals surface area contributed by atoms with Gasteiger partial charge in [0.15, 0.2) is 0 Å². The second kappa shape index (κ2) is 3.47. The van der Waals surface area contributed by atoms with Crippen LogP contribution in [-0.4, -0.2) is 39.7 Å². The Morgan fingerprint density at radius 2 is 1.82 bits per heavy atom. The summed E-state index contributed by atoms with van der Waals surface area (Å²) in [5.41, 5.74) is -0.0762. The van der Waals surface area contributed by atoms with Crippen LogP contribution in [0.1, 0.15) is 23.2 Å². The molecule has 90 valence electrons. The molecule has 0 atom stereocenters. The SMILES string of the molecule is O=C(c1ccc(O)cc1)N1CC(O)(C2CC2)C1. The van der Waals surface area contributed by atoms with Crippen LogP contribution in [0, 0.1) is 5.92 Å². The van der Waals surface area contributed by atoms with Crippen molar-refractivity contribution in [2.75, 3.05) is 13.1 Å². The van der Waals surface area contributed by atoms with Gasteiger partial charge in [0.05, 0.1) is 13.1 Å². The molecule has 1 saturated heterocycles. The zero-order valence-electron chi connectivity index (χ0n) is 9.47. The van der Waals surface area contributed by atoms with E-state index in [1.54, 1.807) is 17.0 Å². The first-order valence-electron chi connectivity index (χ1n) is 5.89. The van der Waals surface area contributed by atoms with E-state index in [0.717, 1.165) is 12.8 Å². The molecule has 1 heterocycles. The lowest BCUT2D eigenvalue weighted by atomic mass is 9.88. The highest BCUT2D eigenvalue weighted by Crippen LogP contribution is 2.44. The molecular weight excluding hydrogens is 218 g/mol. The highest BCUT2D eigenvalue weighted by atomic mass is 16.3. The summed E-state index contributed by atoms with van der Waals surface area (Å²) < 4.78 is 0. The van der Waals surface area contributed by atoms with Crippen LogP contribution in [0.15, 0.2) is 24.3 Å². The maximum Gasteiger partial charge on any atom is 0.254 e. The van der Waals surface area contributed by atoms with E-state index < -0.39 is 5.60 Å². The number of β-amino-alcohol motifs (C(OH)–C–C–N with tert-alkyl or cyclic N) is 1. The van der Waals surface area contributed by atoms with Crippen LogP contribution in [0.2, 0.25) is 0 Å². The van der Waals surface area contributed by atoms with E-state index in [0.29, 0.717) is 24.6 Å². The van der Waals surface area contributed by atoms with Gasteiger partial charge >= 0.3 is 0 Å². The van der Waals surface area contributed by atoms with Gasteiger partial charge in [0.1, 0.15) is 11.4 Å². The van der Waals surface area contributed by atoms with Gasteiger partial charge < -0.3 is 15.1 Å². The molecule has 2 aliphatic rings. The molecule has 1 saturated carbocycles. The van der Waals surface area contributed by atoms with Crippen LogP contribution in [-0.2, 0) is 0 Å². The molecule has 4 nitrogen and oxygen atoms in total. The van der Waals surface area contributed by atoms with Gasteiger partial charge in [-0.15, -0.1) is 0 Å². The Labute approximate surface area is 99.5 Å². The standard InChI is InChI=1S/C13H15NO3/c15-11-5-1-9(2-6-11)12(16)14-7-13(17,8-14)10-3-4-10/h1-2,5-6,10,15,17H,3-4,7-8H2. The lowest BCUT2D eigenvalue weighted by Gasteiger charge is -2.47. The Balaban J connectivity index is 1.66. The summed E-state index contributed by atoms with van der Waals surface area (Å²) >= 11 is 0. The molecule has 2 N–H and O–H groups in total. The molecule has 0 unspecified atom stereocenters. The Kier molecular flexibility index (Phi) is 2.16. The summed E-state index contributed by atoms with van der Waals surface area (Å²) in [6, 6.07) is 6.21. The fourth-order valence-corrected chi connectivity index (χ4v) is 2.42. The van der Waals surface area contributed by atoms with E-state index >= 15 is 0 Å². The molecule has 0 spiro atoms. The number of phenolic OH excluding ortho intramolecular Hbond substituents is 1. The Morgan fingerprint density at radius 3 is 2.35 bits per heavy atom. The van der Waals surface area contributed by atoms with E-state index in [1.165, 1.54) is 12.1 Å². The van der Waals surface area contributed by atoms with Crippen LogP contribution < -0.4 is 0 Å². The van der Waals surface area contributed by atoms with E-state index in [9.17, 15) is 9.90 Å². The summed E-state index contributed by atoms with van der Waals surface area (Å²) in [5, 5.41) is 19.3. The van der Waals surface area contributed by atoms with Crippen molar-refractivity contribution in [3.05, 3.63) is 29.8 Å². The van der Waals surface area contributed by atoms with Crippen LogP contribution in [0.5, 0.6) is 5.75 Å². The topological polar surface area (TPSA) is 60.8 Å². The molecule has 0 bridgehead atoms. The molecule has 0 radical (unpaired) electrons. The maximum absolute atomic E-state index is 12.0. The Hall–Kier alpha value is -1.55. The van der Waals surface area contributed by atoms with Crippen LogP contribution >= 0.6 is 0 Å². The van der Waals surface area contributed by atoms with Crippen LogP contribution in [0.4, 0.5) is 0 Å². The summed E-state index contributed by atoms with van der Waals surface area (Å²) in [7, 11) is 0. The minimum atomic E-state index is -0.632. The second-order valence-electron chi connectivity index (χ2n) is 5.09. The minimum Gasteiger partial charge on any atom is -0.508 e. The zero-order valence-corrected chi connectivity index (χ0v) is 9.47. The van der Waals surface area contributed by atoms with Crippen molar-refractivity contribution in [1.82, 2.24) is 4.90 Å². The lowest BCUT2D eigenvalue weighted by Crippen LogP contribution is -2.64. The zero-order chi connectivity index (χ0) is 12.0. The van der Waals surface area contributed by atoms with Gasteiger partial charge in [-0.05, 0) is 43.0 Å². The average molecular weight is 233 g/mol. The van der Waals surface area contributed by atoms with E-state index in [2.05, 4.69) is 0 Å². The molecule has 4 heteroatoms. The largest absolute Gasteiger partial charge is 0.508 e. The van der Waals surface area contributed by atoms with Crippen molar-refractivity contribution in [2.24, 2.45) is 5.92 Å². The van der Waals surface area contributed by atoms with Crippen molar-refractivity contribution in [1.29, 1.82) is 0 Å². The number of benzene rings is 1. The number of likely N-dealkylation sites (tertiary alicyclic amines) is 1. The highest BCUT2D eigenvalue weighted by molar-refractivity contribution is 5.95. The number of hydrogen-bond donors (Lipinski definition) is 2. The number of aliphatic hydroxyl groups is 1. The Morgan fingerprint density at radius 1 is 1.24 bits per heavy atom. The first-order valence-corrected chi connectivity index (χ1v) is 5.89. The monoisotopic (exact) mass is 233 g/mol. The van der Waals surface area contributed by atoms with Crippen molar-refractivity contribution in [2.45, 2.75) is 18.4 Å². The van der Waals surface area contributed by atoms with Gasteiger partial charge in [-0.1, -0.05) is 0 Å². The predicted molar refractivity (Wildman–Crippen MR) is 61.7 cm³/mol. The number of phenols is 1. The number of hydrogen-bond acceptors (Lipinski definition) is 3. The van der Waals surface area contributed by atoms with E-state index in [-0.39, 0.29) is 11.7 Å². The second-order valence-corrected chi connectivity index (χ2v) is 5.09. The first kappa shape index (κ1) is 10.6. The molecule has 17 heavy (non-hydrogen) atoms. The lowest BCUT2D eigenvalue weighted by molar-refractivity contribution is -0.0958. The van der Waals surface area contributed by atoms with Gasteiger partial charge in [-0.2, -0.15) is 0 Å². The molecule has 1 aromatic carbocycles. The number of nitrogens with zero attached hydrogens (tertiary/aromatic N) is 1. The summed E-state index contributed by atoms with van der Waals surface area (Å²) in [6.45, 7) is 0.884. The van der Waals surface area contributed by atoms with Gasteiger partial charge in [-0.25, -0.2) is 0 Å². The Bertz CT molecular complexity index is 444. The third-order valence-electron chi connectivity index (χ3n) is 3.67. The van der Waals surface area contributed by atoms with Crippen molar-refractivity contribution < 1.29 is 15.0 Å². The van der Waals surface area contributed by atoms with Gasteiger partial charge in [0.2, 0.25) is 0 Å². The fourth-order valence-electron chi connectivity index (χ4n) is 2.42. The number of carbonyl (C=O) groups excluding carboxylic acids is 1. The van der Waals surface area contributed by atoms with Gasteiger partial charge in [0.25, 0.3) is 5.91 Å². The molecule has 1 aliphatic carbocycles. The third-order valence-corrected chi connectivity index (χ3v) is 3.67. The third kappa shape index (κ3) is 1.78. The van der Waals surface area contributed by atoms with E-state index in [4.69, 9.17) is 5.11 Å². The molecule has 3 rings (SSSR count). The fraction of sp³-hybridized carbons (Fsp3) is 0.462. The molecule has 1 aromatic rings. The molecule has 1 amide bonds. The van der Waals surface area contributed by atoms with E-state index in [1.807, 2.05) is 0 Å². The maximum atomic E-state index is 12.0. The summed E-state index contributed by atoms with van der Waals surface area (Å²) in [5.74, 6) is 0.473. The average Bonchev–Trinajstić information content (AvgIpc) is 3.09. The highest BCUT2D eigenvalue weighted by Gasteiger charge is 2.53. The summed E-state index contributed by atoms with van der Waals surface area (Å²) in [6.07, 6.45) is 2.16. The molecule has 0 aromatic heterocycles. The van der Waals surface area contributed by atoms with Crippen molar-refractivity contribution in [3.8, 4) is 5.75 Å². The van der Waals surface area contributed by atoms with Crippen molar-refractivity contribution >= 4 is 5.91 Å². The van der Waals surface area contributed by atoms with Gasteiger partial charge in [0, 0.05) is 5.56 Å². The predicted octanol–water partition coefficient (Wildman–Crippen LogP) is 0.989. The molecule has 2 fully saturated rings. The number of amides is 1. The minimum absolute atomic E-state index is 0.0738. The number of rotatable bonds is 2.